The van der Waals surface area contributed by atoms with Gasteiger partial charge in [0.1, 0.15) is 0 Å². The van der Waals surface area contributed by atoms with Crippen LogP contribution in [0.1, 0.15) is 14.9 Å². The van der Waals surface area contributed by atoms with Crippen LogP contribution in [-0.2, 0) is 45.3 Å². The molecule has 0 fully saturated rings. The molecule has 0 saturated carbocycles. The third-order valence-corrected chi connectivity index (χ3v) is 0. The van der Waals surface area contributed by atoms with E-state index in [0.29, 0.717) is 0 Å². The second-order valence-corrected chi connectivity index (χ2v) is 0. The second-order valence-electron chi connectivity index (χ2n) is 0. The van der Waals surface area contributed by atoms with Crippen molar-refractivity contribution >= 4 is 12.6 Å². The zero-order chi connectivity index (χ0) is 2.00. The van der Waals surface area contributed by atoms with E-state index in [2.05, 4.69) is 12.6 Å². The molecule has 0 rings (SSSR count). The maximum atomic E-state index is 4.08. The average Bonchev–Trinajstić information content (AvgIpc) is 1.00. The Morgan fingerprint density at radius 2 is 1.00 bits per heavy atom. The topological polar surface area (TPSA) is 0 Å². The van der Waals surface area contributed by atoms with Crippen LogP contribution >= 0.6 is 0 Å². The van der Waals surface area contributed by atoms with E-state index in [-0.39, 0.29) is 47.6 Å². The van der Waals surface area contributed by atoms with Crippen LogP contribution in [0.4, 0.5) is 0 Å². The first-order valence-corrected chi connectivity index (χ1v) is 1.22. The largest absolute Gasteiger partial charge is 0.796 e. The Hall–Kier alpha value is 1.45. The standard InChI is InChI=1S/CH4S.2CH4.Y/c1-2;;;/h2H,1H3;2*1H4;/p-1. The zero-order valence-electron chi connectivity index (χ0n) is 1.99. The Morgan fingerprint density at radius 1 is 1.00 bits per heavy atom. The van der Waals surface area contributed by atoms with Crippen molar-refractivity contribution in [1.29, 1.82) is 0 Å². The van der Waals surface area contributed by atoms with Gasteiger partial charge in [-0.1, -0.05) is 14.9 Å². The van der Waals surface area contributed by atoms with Crippen LogP contribution in [0.25, 0.3) is 0 Å². The molecular weight excluding hydrogens is 157 g/mol. The summed E-state index contributed by atoms with van der Waals surface area (Å²) in [5, 5.41) is 0. The molecule has 0 heterocycles. The van der Waals surface area contributed by atoms with Crippen molar-refractivity contribution in [1.82, 2.24) is 0 Å². The van der Waals surface area contributed by atoms with E-state index in [1.807, 2.05) is 0 Å². The van der Waals surface area contributed by atoms with Crippen molar-refractivity contribution in [2.75, 3.05) is 6.26 Å². The van der Waals surface area contributed by atoms with Gasteiger partial charge in [-0.15, -0.1) is 0 Å². The molecule has 33 valence electrons. The molecule has 0 aromatic heterocycles. The Bertz CT molecular complexity index is 6.85. The summed E-state index contributed by atoms with van der Waals surface area (Å²) in [5.74, 6) is 0. The molecule has 0 spiro atoms. The van der Waals surface area contributed by atoms with E-state index in [0.717, 1.165) is 0 Å². The van der Waals surface area contributed by atoms with Crippen LogP contribution < -0.4 is 0 Å². The van der Waals surface area contributed by atoms with Crippen molar-refractivity contribution in [3.63, 3.8) is 0 Å². The minimum Gasteiger partial charge on any atom is -0.796 e. The number of hydrogen-bond donors (Lipinski definition) is 0. The number of rotatable bonds is 0. The molecule has 0 saturated heterocycles. The van der Waals surface area contributed by atoms with Crippen molar-refractivity contribution in [3.05, 3.63) is 0 Å². The van der Waals surface area contributed by atoms with Gasteiger partial charge in [-0.2, -0.15) is 6.26 Å². The van der Waals surface area contributed by atoms with Crippen LogP contribution in [0, 0.1) is 0 Å². The van der Waals surface area contributed by atoms with Gasteiger partial charge in [0.05, 0.1) is 0 Å². The minimum absolute atomic E-state index is 0. The Morgan fingerprint density at radius 3 is 1.00 bits per heavy atom. The predicted molar refractivity (Wildman–Crippen MR) is 26.8 cm³/mol. The molecule has 0 aliphatic rings. The zero-order valence-corrected chi connectivity index (χ0v) is 5.64. The molecule has 0 amide bonds. The molecule has 1 radical (unpaired) electrons. The molecule has 0 bridgehead atoms. The Balaban J connectivity index is -0.00000000167. The van der Waals surface area contributed by atoms with Gasteiger partial charge in [-0.25, -0.2) is 0 Å². The van der Waals surface area contributed by atoms with Gasteiger partial charge < -0.3 is 12.6 Å². The first-order valence-electron chi connectivity index (χ1n) is 0.408. The van der Waals surface area contributed by atoms with Crippen LogP contribution in [0.3, 0.4) is 0 Å². The summed E-state index contributed by atoms with van der Waals surface area (Å²) in [6.07, 6.45) is 1.58. The predicted octanol–water partition coefficient (Wildman–Crippen LogP) is 1.43. The van der Waals surface area contributed by atoms with Crippen LogP contribution in [0.15, 0.2) is 0 Å². The summed E-state index contributed by atoms with van der Waals surface area (Å²) in [4.78, 5) is 0. The van der Waals surface area contributed by atoms with Crippen LogP contribution in [-0.4, -0.2) is 6.26 Å². The van der Waals surface area contributed by atoms with Gasteiger partial charge in [0, 0.05) is 32.7 Å². The van der Waals surface area contributed by atoms with Crippen LogP contribution in [0.2, 0.25) is 0 Å². The second kappa shape index (κ2) is 51.2. The molecule has 0 aromatic rings. The first kappa shape index (κ1) is 31.9. The molecule has 0 aromatic carbocycles. The quantitative estimate of drug-likeness (QED) is 0.493. The molecule has 0 unspecified atom stereocenters. The van der Waals surface area contributed by atoms with E-state index in [9.17, 15) is 0 Å². The van der Waals surface area contributed by atoms with Crippen molar-refractivity contribution < 1.29 is 32.7 Å². The minimum atomic E-state index is 0. The van der Waals surface area contributed by atoms with E-state index in [1.54, 1.807) is 6.26 Å². The van der Waals surface area contributed by atoms with Crippen LogP contribution in [0.5, 0.6) is 0 Å². The smallest absolute Gasteiger partial charge is 0 e. The summed E-state index contributed by atoms with van der Waals surface area (Å²) in [6.45, 7) is 0. The van der Waals surface area contributed by atoms with Crippen molar-refractivity contribution in [3.8, 4) is 0 Å². The SMILES string of the molecule is C.C.C[S-].[Y]. The Kier molecular flexibility index (Phi) is 326. The van der Waals surface area contributed by atoms with Gasteiger partial charge in [0.15, 0.2) is 0 Å². The summed E-state index contributed by atoms with van der Waals surface area (Å²) in [5.41, 5.74) is 0. The molecule has 0 aliphatic carbocycles. The van der Waals surface area contributed by atoms with E-state index in [4.69, 9.17) is 0 Å². The summed E-state index contributed by atoms with van der Waals surface area (Å²) >= 11 is 4.08. The monoisotopic (exact) mass is 168 g/mol. The third kappa shape index (κ3) is 30.8. The van der Waals surface area contributed by atoms with Gasteiger partial charge >= 0.3 is 0 Å². The summed E-state index contributed by atoms with van der Waals surface area (Å²) in [7, 11) is 0. The fourth-order valence-corrected chi connectivity index (χ4v) is 0. The Labute approximate surface area is 66.0 Å². The molecule has 0 N–H and O–H groups in total. The molecule has 5 heavy (non-hydrogen) atoms. The molecule has 0 nitrogen and oxygen atoms in total. The van der Waals surface area contributed by atoms with E-state index < -0.39 is 0 Å². The molecule has 0 aliphatic heterocycles. The van der Waals surface area contributed by atoms with Crippen molar-refractivity contribution in [2.24, 2.45) is 0 Å². The van der Waals surface area contributed by atoms with Gasteiger partial charge in [0.2, 0.25) is 0 Å². The fourth-order valence-electron chi connectivity index (χ4n) is 0. The van der Waals surface area contributed by atoms with E-state index in [1.165, 1.54) is 0 Å². The van der Waals surface area contributed by atoms with Gasteiger partial charge in [0.25, 0.3) is 0 Å². The molecular formula is C3H11SY-. The van der Waals surface area contributed by atoms with E-state index >= 15 is 0 Å². The van der Waals surface area contributed by atoms with Gasteiger partial charge in [-0.3, -0.25) is 0 Å². The normalized spacial score (nSPS) is 1.20. The maximum Gasteiger partial charge on any atom is 0 e. The average molecular weight is 168 g/mol. The molecule has 0 atom stereocenters. The summed E-state index contributed by atoms with van der Waals surface area (Å²) < 4.78 is 0. The maximum absolute atomic E-state index is 4.08. The van der Waals surface area contributed by atoms with Gasteiger partial charge in [-0.05, 0) is 0 Å². The fraction of sp³-hybridized carbons (Fsp3) is 1.00. The van der Waals surface area contributed by atoms with Crippen molar-refractivity contribution in [2.45, 2.75) is 14.9 Å². The third-order valence-electron chi connectivity index (χ3n) is 0. The summed E-state index contributed by atoms with van der Waals surface area (Å²) in [6, 6.07) is 0. The number of hydrogen-bond acceptors (Lipinski definition) is 1. The molecule has 2 heteroatoms. The first-order chi connectivity index (χ1) is 1.00.